The fraction of sp³-hybridized carbons (Fsp3) is 0.500. The van der Waals surface area contributed by atoms with Gasteiger partial charge in [0.25, 0.3) is 0 Å². The molecule has 1 saturated heterocycles. The summed E-state index contributed by atoms with van der Waals surface area (Å²) >= 11 is 0. The minimum atomic E-state index is -3.17. The van der Waals surface area contributed by atoms with Crippen LogP contribution in [0, 0.1) is 0 Å². The molecule has 20 heavy (non-hydrogen) atoms. The molecule has 5 nitrogen and oxygen atoms in total. The molecule has 6 heteroatoms. The van der Waals surface area contributed by atoms with Gasteiger partial charge in [0.05, 0.1) is 17.5 Å². The largest absolute Gasteiger partial charge is 0.339 e. The van der Waals surface area contributed by atoms with Crippen LogP contribution in [0.3, 0.4) is 0 Å². The molecule has 1 aliphatic rings. The molecule has 1 fully saturated rings. The van der Waals surface area contributed by atoms with Crippen molar-refractivity contribution < 1.29 is 13.2 Å². The summed E-state index contributed by atoms with van der Waals surface area (Å²) in [5.41, 5.74) is 1.62. The van der Waals surface area contributed by atoms with Gasteiger partial charge in [-0.3, -0.25) is 9.10 Å². The van der Waals surface area contributed by atoms with Gasteiger partial charge in [0.2, 0.25) is 15.9 Å². The first-order valence-electron chi connectivity index (χ1n) is 6.66. The molecular weight excluding hydrogens is 276 g/mol. The molecule has 0 saturated carbocycles. The number of nitrogens with zero attached hydrogens (tertiary/aromatic N) is 2. The summed E-state index contributed by atoms with van der Waals surface area (Å²) in [7, 11) is -1.42. The molecule has 1 heterocycles. The first kappa shape index (κ1) is 14.8. The number of hydrogen-bond donors (Lipinski definition) is 0. The maximum atomic E-state index is 11.9. The SMILES string of the molecule is CC(=O)N(C)C(C)c1cccc(N2CCCS2(=O)=O)c1. The highest BCUT2D eigenvalue weighted by Gasteiger charge is 2.28. The second-order valence-corrected chi connectivity index (χ2v) is 7.16. The van der Waals surface area contributed by atoms with E-state index in [-0.39, 0.29) is 17.7 Å². The minimum absolute atomic E-state index is 0.0169. The van der Waals surface area contributed by atoms with Gasteiger partial charge >= 0.3 is 0 Å². The van der Waals surface area contributed by atoms with Crippen LogP contribution in [0.1, 0.15) is 31.9 Å². The number of benzene rings is 1. The minimum Gasteiger partial charge on any atom is -0.339 e. The van der Waals surface area contributed by atoms with Gasteiger partial charge in [0.1, 0.15) is 0 Å². The number of carbonyl (C=O) groups excluding carboxylic acids is 1. The van der Waals surface area contributed by atoms with Crippen LogP contribution in [0.25, 0.3) is 0 Å². The van der Waals surface area contributed by atoms with E-state index >= 15 is 0 Å². The smallest absolute Gasteiger partial charge is 0.235 e. The number of carbonyl (C=O) groups is 1. The summed E-state index contributed by atoms with van der Waals surface area (Å²) in [4.78, 5) is 13.1. The molecule has 0 aromatic heterocycles. The van der Waals surface area contributed by atoms with Crippen LogP contribution in [0.4, 0.5) is 5.69 Å². The number of anilines is 1. The van der Waals surface area contributed by atoms with E-state index in [4.69, 9.17) is 0 Å². The Bertz CT molecular complexity index is 613. The van der Waals surface area contributed by atoms with E-state index in [2.05, 4.69) is 0 Å². The predicted molar refractivity (Wildman–Crippen MR) is 79.1 cm³/mol. The number of sulfonamides is 1. The van der Waals surface area contributed by atoms with E-state index in [1.54, 1.807) is 18.0 Å². The molecule has 0 spiro atoms. The third-order valence-electron chi connectivity index (χ3n) is 3.82. The van der Waals surface area contributed by atoms with Crippen LogP contribution in [-0.4, -0.2) is 38.6 Å². The number of amides is 1. The lowest BCUT2D eigenvalue weighted by Crippen LogP contribution is -2.28. The Hall–Kier alpha value is -1.56. The van der Waals surface area contributed by atoms with Gasteiger partial charge < -0.3 is 4.90 Å². The van der Waals surface area contributed by atoms with E-state index in [0.717, 1.165) is 5.56 Å². The third-order valence-corrected chi connectivity index (χ3v) is 5.69. The molecule has 2 rings (SSSR count). The Kier molecular flexibility index (Phi) is 4.04. The van der Waals surface area contributed by atoms with Gasteiger partial charge in [-0.25, -0.2) is 8.42 Å². The molecule has 110 valence electrons. The summed E-state index contributed by atoms with van der Waals surface area (Å²) in [6, 6.07) is 7.32. The van der Waals surface area contributed by atoms with Crippen molar-refractivity contribution in [3.63, 3.8) is 0 Å². The monoisotopic (exact) mass is 296 g/mol. The van der Waals surface area contributed by atoms with Crippen LogP contribution in [-0.2, 0) is 14.8 Å². The zero-order valence-corrected chi connectivity index (χ0v) is 12.9. The lowest BCUT2D eigenvalue weighted by atomic mass is 10.1. The highest BCUT2D eigenvalue weighted by Crippen LogP contribution is 2.28. The first-order valence-corrected chi connectivity index (χ1v) is 8.27. The van der Waals surface area contributed by atoms with Crippen LogP contribution in [0.2, 0.25) is 0 Å². The van der Waals surface area contributed by atoms with E-state index in [1.165, 1.54) is 11.2 Å². The lowest BCUT2D eigenvalue weighted by Gasteiger charge is -2.25. The molecule has 0 aliphatic carbocycles. The van der Waals surface area contributed by atoms with Crippen LogP contribution < -0.4 is 4.31 Å². The molecule has 1 unspecified atom stereocenters. The van der Waals surface area contributed by atoms with Crippen molar-refractivity contribution in [2.24, 2.45) is 0 Å². The maximum absolute atomic E-state index is 11.9. The summed E-state index contributed by atoms with van der Waals surface area (Å²) in [5.74, 6) is 0.192. The second kappa shape index (κ2) is 5.44. The molecule has 1 amide bonds. The number of hydrogen-bond acceptors (Lipinski definition) is 3. The van der Waals surface area contributed by atoms with Gasteiger partial charge in [0, 0.05) is 20.5 Å². The standard InChI is InChI=1S/C14H20N2O3S/c1-11(15(3)12(2)17)13-6-4-7-14(10-13)16-8-5-9-20(16,18)19/h4,6-7,10-11H,5,8-9H2,1-3H3. The van der Waals surface area contributed by atoms with Crippen LogP contribution in [0.5, 0.6) is 0 Å². The van der Waals surface area contributed by atoms with Gasteiger partial charge in [-0.2, -0.15) is 0 Å². The van der Waals surface area contributed by atoms with Crippen LogP contribution >= 0.6 is 0 Å². The Morgan fingerprint density at radius 3 is 2.65 bits per heavy atom. The fourth-order valence-electron chi connectivity index (χ4n) is 2.37. The van der Waals surface area contributed by atoms with Crippen LogP contribution in [0.15, 0.2) is 24.3 Å². The van der Waals surface area contributed by atoms with Gasteiger partial charge in [-0.1, -0.05) is 12.1 Å². The van der Waals surface area contributed by atoms with E-state index in [0.29, 0.717) is 18.7 Å². The Balaban J connectivity index is 2.31. The van der Waals surface area contributed by atoms with Crippen molar-refractivity contribution in [1.82, 2.24) is 4.90 Å². The Labute approximate surface area is 120 Å². The molecule has 0 N–H and O–H groups in total. The van der Waals surface area contributed by atoms with E-state index in [1.807, 2.05) is 25.1 Å². The van der Waals surface area contributed by atoms with Crippen molar-refractivity contribution in [3.05, 3.63) is 29.8 Å². The molecule has 1 aromatic rings. The molecule has 1 aromatic carbocycles. The molecular formula is C14H20N2O3S. The zero-order chi connectivity index (χ0) is 14.9. The summed E-state index contributed by atoms with van der Waals surface area (Å²) < 4.78 is 25.3. The molecule has 1 aliphatic heterocycles. The van der Waals surface area contributed by atoms with Crippen molar-refractivity contribution in [2.45, 2.75) is 26.3 Å². The fourth-order valence-corrected chi connectivity index (χ4v) is 3.92. The third kappa shape index (κ3) is 2.80. The van der Waals surface area contributed by atoms with Crippen molar-refractivity contribution in [1.29, 1.82) is 0 Å². The van der Waals surface area contributed by atoms with Gasteiger partial charge in [-0.15, -0.1) is 0 Å². The second-order valence-electron chi connectivity index (χ2n) is 5.14. The maximum Gasteiger partial charge on any atom is 0.235 e. The summed E-state index contributed by atoms with van der Waals surface area (Å²) in [5, 5.41) is 0. The average molecular weight is 296 g/mol. The number of rotatable bonds is 3. The summed E-state index contributed by atoms with van der Waals surface area (Å²) in [6.45, 7) is 3.98. The van der Waals surface area contributed by atoms with E-state index in [9.17, 15) is 13.2 Å². The van der Waals surface area contributed by atoms with Crippen molar-refractivity contribution in [3.8, 4) is 0 Å². The van der Waals surface area contributed by atoms with Gasteiger partial charge in [0.15, 0.2) is 0 Å². The molecule has 0 radical (unpaired) electrons. The topological polar surface area (TPSA) is 57.7 Å². The highest BCUT2D eigenvalue weighted by atomic mass is 32.2. The Morgan fingerprint density at radius 2 is 2.10 bits per heavy atom. The Morgan fingerprint density at radius 1 is 1.40 bits per heavy atom. The molecule has 0 bridgehead atoms. The van der Waals surface area contributed by atoms with E-state index < -0.39 is 10.0 Å². The molecule has 1 atom stereocenters. The lowest BCUT2D eigenvalue weighted by molar-refractivity contribution is -0.129. The van der Waals surface area contributed by atoms with Gasteiger partial charge in [-0.05, 0) is 31.0 Å². The van der Waals surface area contributed by atoms with Crippen molar-refractivity contribution >= 4 is 21.6 Å². The average Bonchev–Trinajstić information content (AvgIpc) is 2.76. The quantitative estimate of drug-likeness (QED) is 0.854. The van der Waals surface area contributed by atoms with Crippen molar-refractivity contribution in [2.75, 3.05) is 23.7 Å². The first-order chi connectivity index (χ1) is 9.33. The highest BCUT2D eigenvalue weighted by molar-refractivity contribution is 7.93. The predicted octanol–water partition coefficient (Wildman–Crippen LogP) is 1.77. The normalized spacial score (nSPS) is 18.9. The zero-order valence-electron chi connectivity index (χ0n) is 12.0. The summed E-state index contributed by atoms with van der Waals surface area (Å²) in [6.07, 6.45) is 0.662.